The Labute approximate surface area is 127 Å². The van der Waals surface area contributed by atoms with E-state index in [4.69, 9.17) is 27.9 Å². The fourth-order valence-corrected chi connectivity index (χ4v) is 2.30. The molecule has 0 aliphatic rings. The Kier molecular flexibility index (Phi) is 5.50. The molecule has 0 saturated carbocycles. The largest absolute Gasteiger partial charge is 0.494 e. The van der Waals surface area contributed by atoms with Gasteiger partial charge in [-0.15, -0.1) is 0 Å². The SMILES string of the molecule is Fc1cc(Cl)c(NCCCOc2ccccc2)c(Cl)c1. The van der Waals surface area contributed by atoms with Crippen molar-refractivity contribution in [3.63, 3.8) is 0 Å². The van der Waals surface area contributed by atoms with Crippen molar-refractivity contribution < 1.29 is 9.13 Å². The third-order valence-corrected chi connectivity index (χ3v) is 3.24. The molecule has 5 heteroatoms. The predicted molar refractivity (Wildman–Crippen MR) is 81.5 cm³/mol. The van der Waals surface area contributed by atoms with Crippen LogP contribution in [0.1, 0.15) is 6.42 Å². The van der Waals surface area contributed by atoms with Crippen molar-refractivity contribution in [2.75, 3.05) is 18.5 Å². The number of para-hydroxylation sites is 1. The van der Waals surface area contributed by atoms with E-state index in [2.05, 4.69) is 5.32 Å². The molecule has 2 rings (SSSR count). The Morgan fingerprint density at radius 3 is 2.35 bits per heavy atom. The van der Waals surface area contributed by atoms with Crippen LogP contribution in [0.3, 0.4) is 0 Å². The van der Waals surface area contributed by atoms with Crippen molar-refractivity contribution >= 4 is 28.9 Å². The van der Waals surface area contributed by atoms with Crippen LogP contribution in [0.2, 0.25) is 10.0 Å². The van der Waals surface area contributed by atoms with Crippen LogP contribution in [0.4, 0.5) is 10.1 Å². The second-order valence-electron chi connectivity index (χ2n) is 4.19. The quantitative estimate of drug-likeness (QED) is 0.757. The number of benzene rings is 2. The smallest absolute Gasteiger partial charge is 0.126 e. The standard InChI is InChI=1S/C15H14Cl2FNO/c16-13-9-11(18)10-14(17)15(13)19-7-4-8-20-12-5-2-1-3-6-12/h1-3,5-6,9-10,19H,4,7-8H2. The maximum Gasteiger partial charge on any atom is 0.126 e. The van der Waals surface area contributed by atoms with Gasteiger partial charge in [-0.05, 0) is 30.7 Å². The highest BCUT2D eigenvalue weighted by atomic mass is 35.5. The molecule has 2 nitrogen and oxygen atoms in total. The van der Waals surface area contributed by atoms with E-state index in [9.17, 15) is 4.39 Å². The van der Waals surface area contributed by atoms with E-state index in [1.54, 1.807) is 0 Å². The van der Waals surface area contributed by atoms with Crippen LogP contribution in [-0.2, 0) is 0 Å². The average Bonchev–Trinajstić information content (AvgIpc) is 2.42. The molecule has 0 amide bonds. The van der Waals surface area contributed by atoms with E-state index in [-0.39, 0.29) is 10.0 Å². The molecule has 0 spiro atoms. The highest BCUT2D eigenvalue weighted by Gasteiger charge is 2.07. The summed E-state index contributed by atoms with van der Waals surface area (Å²) < 4.78 is 18.6. The molecule has 0 aliphatic carbocycles. The van der Waals surface area contributed by atoms with Crippen molar-refractivity contribution in [3.8, 4) is 5.75 Å². The van der Waals surface area contributed by atoms with Gasteiger partial charge in [-0.25, -0.2) is 4.39 Å². The lowest BCUT2D eigenvalue weighted by Crippen LogP contribution is -2.08. The second-order valence-corrected chi connectivity index (χ2v) is 5.00. The van der Waals surface area contributed by atoms with Gasteiger partial charge in [-0.3, -0.25) is 0 Å². The van der Waals surface area contributed by atoms with Crippen LogP contribution in [0.15, 0.2) is 42.5 Å². The lowest BCUT2D eigenvalue weighted by Gasteiger charge is -2.11. The van der Waals surface area contributed by atoms with Crippen molar-refractivity contribution in [2.24, 2.45) is 0 Å². The number of hydrogen-bond donors (Lipinski definition) is 1. The van der Waals surface area contributed by atoms with E-state index < -0.39 is 5.82 Å². The number of rotatable bonds is 6. The molecule has 2 aromatic rings. The summed E-state index contributed by atoms with van der Waals surface area (Å²) in [5.74, 6) is 0.392. The minimum Gasteiger partial charge on any atom is -0.494 e. The van der Waals surface area contributed by atoms with Crippen LogP contribution in [-0.4, -0.2) is 13.2 Å². The van der Waals surface area contributed by atoms with E-state index in [0.29, 0.717) is 18.8 Å². The predicted octanol–water partition coefficient (Wildman–Crippen LogP) is 5.01. The molecule has 0 unspecified atom stereocenters. The third kappa shape index (κ3) is 4.29. The summed E-state index contributed by atoms with van der Waals surface area (Å²) >= 11 is 11.9. The summed E-state index contributed by atoms with van der Waals surface area (Å²) in [6.45, 7) is 1.21. The summed E-state index contributed by atoms with van der Waals surface area (Å²) in [5.41, 5.74) is 0.550. The Hall–Kier alpha value is -1.45. The number of anilines is 1. The van der Waals surface area contributed by atoms with Crippen LogP contribution < -0.4 is 10.1 Å². The van der Waals surface area contributed by atoms with Gasteiger partial charge in [0.15, 0.2) is 0 Å². The number of ether oxygens (including phenoxy) is 1. The van der Waals surface area contributed by atoms with E-state index in [1.165, 1.54) is 12.1 Å². The average molecular weight is 314 g/mol. The lowest BCUT2D eigenvalue weighted by molar-refractivity contribution is 0.315. The normalized spacial score (nSPS) is 10.3. The molecular weight excluding hydrogens is 300 g/mol. The van der Waals surface area contributed by atoms with Crippen LogP contribution in [0.5, 0.6) is 5.75 Å². The number of hydrogen-bond acceptors (Lipinski definition) is 2. The van der Waals surface area contributed by atoms with Gasteiger partial charge in [0, 0.05) is 6.54 Å². The van der Waals surface area contributed by atoms with Gasteiger partial charge in [-0.2, -0.15) is 0 Å². The molecule has 0 bridgehead atoms. The molecule has 20 heavy (non-hydrogen) atoms. The first kappa shape index (κ1) is 14.9. The molecular formula is C15H14Cl2FNO. The molecule has 0 atom stereocenters. The zero-order valence-corrected chi connectivity index (χ0v) is 12.2. The highest BCUT2D eigenvalue weighted by molar-refractivity contribution is 6.39. The summed E-state index contributed by atoms with van der Waals surface area (Å²) in [6.07, 6.45) is 0.777. The molecule has 0 aromatic heterocycles. The summed E-state index contributed by atoms with van der Waals surface area (Å²) in [4.78, 5) is 0. The number of halogens is 3. The molecule has 0 saturated heterocycles. The minimum atomic E-state index is -0.446. The summed E-state index contributed by atoms with van der Waals surface area (Å²) in [7, 11) is 0. The third-order valence-electron chi connectivity index (χ3n) is 2.64. The van der Waals surface area contributed by atoms with E-state index in [0.717, 1.165) is 12.2 Å². The first-order chi connectivity index (χ1) is 9.66. The zero-order chi connectivity index (χ0) is 14.4. The Morgan fingerprint density at radius 2 is 1.70 bits per heavy atom. The van der Waals surface area contributed by atoms with Crippen molar-refractivity contribution in [2.45, 2.75) is 6.42 Å². The van der Waals surface area contributed by atoms with E-state index >= 15 is 0 Å². The maximum atomic E-state index is 13.0. The van der Waals surface area contributed by atoms with Gasteiger partial charge in [-0.1, -0.05) is 41.4 Å². The molecule has 106 valence electrons. The van der Waals surface area contributed by atoms with Crippen LogP contribution in [0.25, 0.3) is 0 Å². The molecule has 0 aliphatic heterocycles. The number of nitrogens with one attached hydrogen (secondary N) is 1. The Bertz CT molecular complexity index is 540. The van der Waals surface area contributed by atoms with Crippen molar-refractivity contribution in [1.82, 2.24) is 0 Å². The topological polar surface area (TPSA) is 21.3 Å². The molecule has 1 N–H and O–H groups in total. The van der Waals surface area contributed by atoms with Gasteiger partial charge in [0.25, 0.3) is 0 Å². The van der Waals surface area contributed by atoms with Gasteiger partial charge >= 0.3 is 0 Å². The Balaban J connectivity index is 1.76. The minimum absolute atomic E-state index is 0.277. The molecule has 0 heterocycles. The van der Waals surface area contributed by atoms with Gasteiger partial charge < -0.3 is 10.1 Å². The van der Waals surface area contributed by atoms with Gasteiger partial charge in [0.1, 0.15) is 11.6 Å². The van der Waals surface area contributed by atoms with Gasteiger partial charge in [0.05, 0.1) is 22.3 Å². The Morgan fingerprint density at radius 1 is 1.05 bits per heavy atom. The molecule has 0 fully saturated rings. The molecule has 0 radical (unpaired) electrons. The fraction of sp³-hybridized carbons (Fsp3) is 0.200. The van der Waals surface area contributed by atoms with Crippen molar-refractivity contribution in [3.05, 3.63) is 58.3 Å². The fourth-order valence-electron chi connectivity index (χ4n) is 1.70. The van der Waals surface area contributed by atoms with Crippen molar-refractivity contribution in [1.29, 1.82) is 0 Å². The molecule has 2 aromatic carbocycles. The highest BCUT2D eigenvalue weighted by Crippen LogP contribution is 2.31. The summed E-state index contributed by atoms with van der Waals surface area (Å²) in [5, 5.41) is 3.64. The monoisotopic (exact) mass is 313 g/mol. The van der Waals surface area contributed by atoms with Crippen LogP contribution >= 0.6 is 23.2 Å². The lowest BCUT2D eigenvalue weighted by atomic mass is 10.3. The second kappa shape index (κ2) is 7.36. The zero-order valence-electron chi connectivity index (χ0n) is 10.7. The first-order valence-electron chi connectivity index (χ1n) is 6.23. The summed E-state index contributed by atoms with van der Waals surface area (Å²) in [6, 6.07) is 12.1. The van der Waals surface area contributed by atoms with Gasteiger partial charge in [0.2, 0.25) is 0 Å². The first-order valence-corrected chi connectivity index (χ1v) is 6.98. The van der Waals surface area contributed by atoms with Crippen LogP contribution in [0, 0.1) is 5.82 Å². The van der Waals surface area contributed by atoms with E-state index in [1.807, 2.05) is 30.3 Å². The maximum absolute atomic E-state index is 13.0.